The Kier molecular flexibility index (Phi) is 4.75. The van der Waals surface area contributed by atoms with E-state index in [2.05, 4.69) is 21.4 Å². The molecule has 2 aromatic rings. The summed E-state index contributed by atoms with van der Waals surface area (Å²) in [5.41, 5.74) is 4.73. The SMILES string of the molecule is Oc1c(Br)cccc1CNOCc1ccccc1. The highest BCUT2D eigenvalue weighted by atomic mass is 79.9. The summed E-state index contributed by atoms with van der Waals surface area (Å²) in [6.45, 7) is 0.952. The van der Waals surface area contributed by atoms with Crippen LogP contribution in [-0.2, 0) is 18.0 Å². The third kappa shape index (κ3) is 3.57. The van der Waals surface area contributed by atoms with E-state index in [1.807, 2.05) is 42.5 Å². The number of phenolic OH excluding ortho intramolecular Hbond substituents is 1. The van der Waals surface area contributed by atoms with Crippen LogP contribution in [-0.4, -0.2) is 5.11 Å². The fourth-order valence-electron chi connectivity index (χ4n) is 1.54. The van der Waals surface area contributed by atoms with Gasteiger partial charge in [-0.2, -0.15) is 5.48 Å². The van der Waals surface area contributed by atoms with E-state index in [4.69, 9.17) is 4.84 Å². The lowest BCUT2D eigenvalue weighted by atomic mass is 10.2. The quantitative estimate of drug-likeness (QED) is 0.657. The molecule has 0 bridgehead atoms. The van der Waals surface area contributed by atoms with Crippen molar-refractivity contribution in [3.8, 4) is 5.75 Å². The van der Waals surface area contributed by atoms with E-state index in [0.29, 0.717) is 17.6 Å². The van der Waals surface area contributed by atoms with Gasteiger partial charge in [-0.15, -0.1) is 0 Å². The summed E-state index contributed by atoms with van der Waals surface area (Å²) in [5.74, 6) is 0.244. The van der Waals surface area contributed by atoms with Crippen molar-refractivity contribution in [2.24, 2.45) is 0 Å². The number of para-hydroxylation sites is 1. The second kappa shape index (κ2) is 6.54. The van der Waals surface area contributed by atoms with Crippen LogP contribution in [0.5, 0.6) is 5.75 Å². The smallest absolute Gasteiger partial charge is 0.134 e. The van der Waals surface area contributed by atoms with Gasteiger partial charge in [-0.1, -0.05) is 42.5 Å². The molecule has 2 aromatic carbocycles. The minimum absolute atomic E-state index is 0.244. The normalized spacial score (nSPS) is 10.5. The van der Waals surface area contributed by atoms with E-state index in [1.54, 1.807) is 6.07 Å². The predicted octanol–water partition coefficient (Wildman–Crippen LogP) is 3.38. The second-order valence-corrected chi connectivity index (χ2v) is 4.70. The summed E-state index contributed by atoms with van der Waals surface area (Å²) in [5, 5.41) is 9.77. The largest absolute Gasteiger partial charge is 0.506 e. The molecule has 0 unspecified atom stereocenters. The lowest BCUT2D eigenvalue weighted by Crippen LogP contribution is -2.14. The van der Waals surface area contributed by atoms with Crippen molar-refractivity contribution in [3.05, 3.63) is 64.1 Å². The average Bonchev–Trinajstić information content (AvgIpc) is 2.40. The molecule has 0 saturated heterocycles. The van der Waals surface area contributed by atoms with Gasteiger partial charge in [-0.05, 0) is 27.6 Å². The van der Waals surface area contributed by atoms with Gasteiger partial charge in [0.1, 0.15) is 5.75 Å². The molecule has 0 radical (unpaired) electrons. The van der Waals surface area contributed by atoms with Crippen molar-refractivity contribution in [1.82, 2.24) is 5.48 Å². The predicted molar refractivity (Wildman–Crippen MR) is 73.9 cm³/mol. The molecule has 0 aliphatic heterocycles. The first-order valence-electron chi connectivity index (χ1n) is 5.62. The van der Waals surface area contributed by atoms with Crippen LogP contribution in [0.1, 0.15) is 11.1 Å². The van der Waals surface area contributed by atoms with Crippen molar-refractivity contribution >= 4 is 15.9 Å². The number of aromatic hydroxyl groups is 1. The van der Waals surface area contributed by atoms with Gasteiger partial charge >= 0.3 is 0 Å². The summed E-state index contributed by atoms with van der Waals surface area (Å²) in [6, 6.07) is 15.4. The first-order valence-corrected chi connectivity index (χ1v) is 6.41. The molecule has 0 saturated carbocycles. The molecule has 18 heavy (non-hydrogen) atoms. The third-order valence-electron chi connectivity index (χ3n) is 2.52. The summed E-state index contributed by atoms with van der Waals surface area (Å²) < 4.78 is 0.685. The van der Waals surface area contributed by atoms with E-state index in [0.717, 1.165) is 11.1 Å². The van der Waals surface area contributed by atoms with E-state index < -0.39 is 0 Å². The molecule has 4 heteroatoms. The Morgan fingerprint density at radius 1 is 1.06 bits per heavy atom. The fourth-order valence-corrected chi connectivity index (χ4v) is 1.95. The highest BCUT2D eigenvalue weighted by Crippen LogP contribution is 2.27. The molecule has 2 N–H and O–H groups in total. The maximum absolute atomic E-state index is 9.77. The van der Waals surface area contributed by atoms with Gasteiger partial charge in [0.25, 0.3) is 0 Å². The van der Waals surface area contributed by atoms with Crippen LogP contribution in [0.15, 0.2) is 53.0 Å². The van der Waals surface area contributed by atoms with Crippen molar-refractivity contribution in [2.75, 3.05) is 0 Å². The van der Waals surface area contributed by atoms with Crippen molar-refractivity contribution in [3.63, 3.8) is 0 Å². The summed E-state index contributed by atoms with van der Waals surface area (Å²) in [7, 11) is 0. The van der Waals surface area contributed by atoms with Crippen LogP contribution in [0.3, 0.4) is 0 Å². The average molecular weight is 308 g/mol. The Morgan fingerprint density at radius 2 is 1.83 bits per heavy atom. The first-order chi connectivity index (χ1) is 8.77. The molecule has 0 spiro atoms. The molecule has 0 heterocycles. The van der Waals surface area contributed by atoms with E-state index in [-0.39, 0.29) is 5.75 Å². The van der Waals surface area contributed by atoms with E-state index in [1.165, 1.54) is 0 Å². The van der Waals surface area contributed by atoms with Gasteiger partial charge in [0.05, 0.1) is 11.1 Å². The molecule has 0 amide bonds. The molecule has 0 atom stereocenters. The van der Waals surface area contributed by atoms with Gasteiger partial charge < -0.3 is 5.11 Å². The van der Waals surface area contributed by atoms with Crippen molar-refractivity contribution in [1.29, 1.82) is 0 Å². The van der Waals surface area contributed by atoms with E-state index >= 15 is 0 Å². The van der Waals surface area contributed by atoms with Gasteiger partial charge in [-0.25, -0.2) is 0 Å². The first kappa shape index (κ1) is 13.1. The molecule has 94 valence electrons. The number of phenols is 1. The zero-order valence-electron chi connectivity index (χ0n) is 9.77. The number of benzene rings is 2. The maximum atomic E-state index is 9.77. The lowest BCUT2D eigenvalue weighted by Gasteiger charge is -2.08. The molecule has 0 fully saturated rings. The van der Waals surface area contributed by atoms with Gasteiger partial charge in [0.15, 0.2) is 0 Å². The Morgan fingerprint density at radius 3 is 2.61 bits per heavy atom. The zero-order chi connectivity index (χ0) is 12.8. The number of rotatable bonds is 5. The number of hydrogen-bond donors (Lipinski definition) is 2. The minimum Gasteiger partial charge on any atom is -0.506 e. The number of hydroxylamine groups is 1. The molecular weight excluding hydrogens is 294 g/mol. The topological polar surface area (TPSA) is 41.5 Å². The maximum Gasteiger partial charge on any atom is 0.134 e. The van der Waals surface area contributed by atoms with Crippen LogP contribution < -0.4 is 5.48 Å². The summed E-state index contributed by atoms with van der Waals surface area (Å²) in [6.07, 6.45) is 0. The van der Waals surface area contributed by atoms with Crippen LogP contribution in [0.2, 0.25) is 0 Å². The van der Waals surface area contributed by atoms with Crippen LogP contribution in [0, 0.1) is 0 Å². The third-order valence-corrected chi connectivity index (χ3v) is 3.16. The minimum atomic E-state index is 0.244. The molecule has 0 aliphatic carbocycles. The van der Waals surface area contributed by atoms with E-state index in [9.17, 15) is 5.11 Å². The standard InChI is InChI=1S/C14H14BrNO2/c15-13-8-4-7-12(14(13)17)9-16-18-10-11-5-2-1-3-6-11/h1-8,16-17H,9-10H2. The summed E-state index contributed by atoms with van der Waals surface area (Å²) in [4.78, 5) is 5.34. The Balaban J connectivity index is 1.81. The monoisotopic (exact) mass is 307 g/mol. The fraction of sp³-hybridized carbons (Fsp3) is 0.143. The highest BCUT2D eigenvalue weighted by molar-refractivity contribution is 9.10. The van der Waals surface area contributed by atoms with Gasteiger partial charge in [-0.3, -0.25) is 4.84 Å². The van der Waals surface area contributed by atoms with Gasteiger partial charge in [0.2, 0.25) is 0 Å². The Hall–Kier alpha value is -1.36. The van der Waals surface area contributed by atoms with Crippen molar-refractivity contribution in [2.45, 2.75) is 13.2 Å². The zero-order valence-corrected chi connectivity index (χ0v) is 11.4. The van der Waals surface area contributed by atoms with Crippen LogP contribution in [0.25, 0.3) is 0 Å². The number of nitrogens with one attached hydrogen (secondary N) is 1. The Bertz CT molecular complexity index is 502. The van der Waals surface area contributed by atoms with Crippen molar-refractivity contribution < 1.29 is 9.94 Å². The van der Waals surface area contributed by atoms with Crippen LogP contribution in [0.4, 0.5) is 0 Å². The number of halogens is 1. The summed E-state index contributed by atoms with van der Waals surface area (Å²) >= 11 is 3.27. The van der Waals surface area contributed by atoms with Gasteiger partial charge in [0, 0.05) is 12.1 Å². The lowest BCUT2D eigenvalue weighted by molar-refractivity contribution is 0.0231. The molecule has 0 aliphatic rings. The molecule has 0 aromatic heterocycles. The number of hydrogen-bond acceptors (Lipinski definition) is 3. The molecular formula is C14H14BrNO2. The van der Waals surface area contributed by atoms with Crippen LogP contribution >= 0.6 is 15.9 Å². The Labute approximate surface area is 114 Å². The second-order valence-electron chi connectivity index (χ2n) is 3.84. The molecule has 2 rings (SSSR count). The highest BCUT2D eigenvalue weighted by Gasteiger charge is 2.03. The molecule has 3 nitrogen and oxygen atoms in total.